The Bertz CT molecular complexity index is 2230. The highest BCUT2D eigenvalue weighted by atomic mass is 16.2. The fraction of sp³-hybridized carbons (Fsp3) is 0.136. The first-order valence-corrected chi connectivity index (χ1v) is 17.4. The molecule has 248 valence electrons. The van der Waals surface area contributed by atoms with Gasteiger partial charge in [0.25, 0.3) is 5.91 Å². The molecule has 51 heavy (non-hydrogen) atoms. The lowest BCUT2D eigenvalue weighted by molar-refractivity contribution is -0.117. The number of amides is 2. The predicted molar refractivity (Wildman–Crippen MR) is 200 cm³/mol. The molecule has 2 N–H and O–H groups in total. The molecule has 9 rings (SSSR count). The Morgan fingerprint density at radius 2 is 1.39 bits per heavy atom. The Labute approximate surface area is 296 Å². The van der Waals surface area contributed by atoms with Crippen molar-refractivity contribution in [3.05, 3.63) is 191 Å². The topological polar surface area (TPSA) is 88.4 Å². The minimum atomic E-state index is -0.664. The molecule has 7 heteroatoms. The van der Waals surface area contributed by atoms with Crippen molar-refractivity contribution in [1.82, 2.24) is 15.0 Å². The van der Waals surface area contributed by atoms with Gasteiger partial charge in [0.15, 0.2) is 0 Å². The third-order valence-corrected chi connectivity index (χ3v) is 10.5. The van der Waals surface area contributed by atoms with Gasteiger partial charge in [-0.1, -0.05) is 121 Å². The van der Waals surface area contributed by atoms with E-state index in [9.17, 15) is 9.59 Å². The number of rotatable bonds is 8. The van der Waals surface area contributed by atoms with E-state index in [1.807, 2.05) is 48.8 Å². The van der Waals surface area contributed by atoms with Crippen LogP contribution in [0, 0.1) is 5.92 Å². The molecule has 3 aliphatic rings. The third-order valence-electron chi connectivity index (χ3n) is 10.5. The smallest absolute Gasteiger partial charge is 0.272 e. The van der Waals surface area contributed by atoms with Gasteiger partial charge in [0.05, 0.1) is 23.8 Å². The average molecular weight is 666 g/mol. The monoisotopic (exact) mass is 665 g/mol. The second kappa shape index (κ2) is 12.5. The van der Waals surface area contributed by atoms with Crippen molar-refractivity contribution in [3.8, 4) is 0 Å². The normalized spacial score (nSPS) is 17.7. The van der Waals surface area contributed by atoms with Gasteiger partial charge in [-0.05, 0) is 70.3 Å². The van der Waals surface area contributed by atoms with Crippen LogP contribution >= 0.6 is 0 Å². The first-order valence-electron chi connectivity index (χ1n) is 17.4. The summed E-state index contributed by atoms with van der Waals surface area (Å²) in [6.45, 7) is 0. The third kappa shape index (κ3) is 5.29. The summed E-state index contributed by atoms with van der Waals surface area (Å²) in [5, 5.41) is 7.40. The fourth-order valence-electron chi connectivity index (χ4n) is 8.06. The Hall–Kier alpha value is -6.34. The maximum absolute atomic E-state index is 13.8. The lowest BCUT2D eigenvalue weighted by Gasteiger charge is -2.37. The van der Waals surface area contributed by atoms with Crippen LogP contribution in [0.25, 0.3) is 11.1 Å². The van der Waals surface area contributed by atoms with Crippen molar-refractivity contribution in [1.29, 1.82) is 0 Å². The van der Waals surface area contributed by atoms with Crippen LogP contribution in [0.5, 0.6) is 0 Å². The van der Waals surface area contributed by atoms with E-state index in [2.05, 4.69) is 112 Å². The van der Waals surface area contributed by atoms with Crippen molar-refractivity contribution in [2.24, 2.45) is 11.0 Å². The zero-order chi connectivity index (χ0) is 34.4. The van der Waals surface area contributed by atoms with Crippen LogP contribution < -0.4 is 10.7 Å². The summed E-state index contributed by atoms with van der Waals surface area (Å²) in [7, 11) is 0. The average Bonchev–Trinajstić information content (AvgIpc) is 3.88. The Morgan fingerprint density at radius 3 is 2.02 bits per heavy atom. The van der Waals surface area contributed by atoms with Crippen LogP contribution in [-0.4, -0.2) is 27.6 Å². The van der Waals surface area contributed by atoms with Gasteiger partial charge in [-0.2, -0.15) is 5.10 Å². The number of carbonyl (C=O) groups is 2. The molecule has 2 atom stereocenters. The Kier molecular flexibility index (Phi) is 7.54. The van der Waals surface area contributed by atoms with Gasteiger partial charge in [-0.25, -0.2) is 10.4 Å². The molecule has 0 bridgehead atoms. The zero-order valence-electron chi connectivity index (χ0n) is 27.9. The molecule has 0 saturated heterocycles. The first kappa shape index (κ1) is 30.7. The van der Waals surface area contributed by atoms with E-state index in [0.717, 1.165) is 63.1 Å². The van der Waals surface area contributed by atoms with E-state index in [1.54, 1.807) is 12.3 Å². The number of hydrogen-bond acceptors (Lipinski definition) is 4. The van der Waals surface area contributed by atoms with Crippen LogP contribution in [0.2, 0.25) is 0 Å². The van der Waals surface area contributed by atoms with E-state index < -0.39 is 5.54 Å². The minimum Gasteiger partial charge on any atom is -0.326 e. The maximum Gasteiger partial charge on any atom is 0.272 e. The van der Waals surface area contributed by atoms with Crippen LogP contribution in [0.3, 0.4) is 0 Å². The van der Waals surface area contributed by atoms with Crippen LogP contribution in [0.1, 0.15) is 68.2 Å². The molecule has 0 radical (unpaired) electrons. The fourth-order valence-corrected chi connectivity index (χ4v) is 8.06. The van der Waals surface area contributed by atoms with Crippen LogP contribution in [0.4, 0.5) is 5.69 Å². The van der Waals surface area contributed by atoms with Crippen LogP contribution in [-0.2, 0) is 16.8 Å². The highest BCUT2D eigenvalue weighted by Gasteiger charge is 2.47. The first-order chi connectivity index (χ1) is 25.1. The van der Waals surface area contributed by atoms with Crippen molar-refractivity contribution in [2.45, 2.75) is 30.7 Å². The van der Waals surface area contributed by atoms with Gasteiger partial charge in [0.1, 0.15) is 5.54 Å². The van der Waals surface area contributed by atoms with Gasteiger partial charge in [-0.15, -0.1) is 0 Å². The number of nitrogens with zero attached hydrogens (tertiary/aromatic N) is 3. The van der Waals surface area contributed by atoms with Gasteiger partial charge in [-0.3, -0.25) is 9.59 Å². The van der Waals surface area contributed by atoms with Gasteiger partial charge < -0.3 is 9.88 Å². The number of nitrogens with one attached hydrogen (secondary N) is 2. The molecular formula is C44H35N5O2. The van der Waals surface area contributed by atoms with E-state index in [1.165, 1.54) is 0 Å². The van der Waals surface area contributed by atoms with E-state index in [4.69, 9.17) is 4.98 Å². The molecule has 6 aromatic rings. The van der Waals surface area contributed by atoms with E-state index in [0.29, 0.717) is 17.7 Å². The number of hydrazone groups is 1. The van der Waals surface area contributed by atoms with Crippen molar-refractivity contribution < 1.29 is 9.59 Å². The molecule has 2 amide bonds. The summed E-state index contributed by atoms with van der Waals surface area (Å²) in [6.07, 6.45) is 8.05. The second-order valence-electron chi connectivity index (χ2n) is 13.5. The second-order valence-corrected chi connectivity index (χ2v) is 13.5. The van der Waals surface area contributed by atoms with Gasteiger partial charge in [0.2, 0.25) is 5.91 Å². The standard InChI is InChI=1S/C44H35N5O2/c50-42(47-34-23-30-21-22-35(29-13-5-1-6-14-29)39-26-46-48-43(51)38(24-34)41(30)39)37-25-36(37)40-27-49(28-45-40)44(31-15-7-2-8-16-31,32-17-9-3-10-18-32)33-19-11-4-12-20-33/h1-20,23-24,26-28,36-37H,21-22,25H2,(H,47,50)(H,48,51). The molecule has 0 spiro atoms. The largest absolute Gasteiger partial charge is 0.326 e. The molecule has 1 saturated carbocycles. The molecule has 2 heterocycles. The van der Waals surface area contributed by atoms with Crippen LogP contribution in [0.15, 0.2) is 151 Å². The number of carbonyl (C=O) groups excluding carboxylic acids is 2. The number of benzene rings is 5. The van der Waals surface area contributed by atoms with Crippen molar-refractivity contribution >= 4 is 34.9 Å². The maximum atomic E-state index is 13.8. The van der Waals surface area contributed by atoms with Gasteiger partial charge >= 0.3 is 0 Å². The summed E-state index contributed by atoms with van der Waals surface area (Å²) >= 11 is 0. The molecule has 7 nitrogen and oxygen atoms in total. The minimum absolute atomic E-state index is 0.00915. The summed E-state index contributed by atoms with van der Waals surface area (Å²) in [5.41, 5.74) is 12.5. The van der Waals surface area contributed by atoms with Crippen molar-refractivity contribution in [3.63, 3.8) is 0 Å². The lowest BCUT2D eigenvalue weighted by Crippen LogP contribution is -2.36. The Morgan fingerprint density at radius 1 is 0.784 bits per heavy atom. The summed E-state index contributed by atoms with van der Waals surface area (Å²) in [6, 6.07) is 45.5. The van der Waals surface area contributed by atoms with E-state index >= 15 is 0 Å². The molecular weight excluding hydrogens is 631 g/mol. The molecule has 1 aromatic heterocycles. The number of allylic oxidation sites excluding steroid dienone is 2. The highest BCUT2D eigenvalue weighted by Crippen LogP contribution is 2.49. The predicted octanol–water partition coefficient (Wildman–Crippen LogP) is 8.05. The summed E-state index contributed by atoms with van der Waals surface area (Å²) < 4.78 is 2.20. The quantitative estimate of drug-likeness (QED) is 0.161. The summed E-state index contributed by atoms with van der Waals surface area (Å²) in [4.78, 5) is 31.9. The molecule has 1 aliphatic heterocycles. The number of imidazole rings is 1. The lowest BCUT2D eigenvalue weighted by atomic mass is 9.77. The molecule has 5 aromatic carbocycles. The zero-order valence-corrected chi connectivity index (χ0v) is 27.9. The highest BCUT2D eigenvalue weighted by molar-refractivity contribution is 6.24. The number of aryl methyl sites for hydroxylation is 1. The van der Waals surface area contributed by atoms with Crippen molar-refractivity contribution in [2.75, 3.05) is 5.32 Å². The molecule has 2 aliphatic carbocycles. The summed E-state index contributed by atoms with van der Waals surface area (Å²) in [5.74, 6) is -0.578. The number of anilines is 1. The Balaban J connectivity index is 1.02. The van der Waals surface area contributed by atoms with E-state index in [-0.39, 0.29) is 23.7 Å². The molecule has 2 unspecified atom stereocenters. The number of aromatic nitrogens is 2. The SMILES string of the molecule is O=C1NN=CC2=C(c3ccccc3)CCc3cc(NC(=O)C4CC4c4cn(C(c5ccccc5)(c5ccccc5)c5ccccc5)cn4)cc1c32. The number of hydrogen-bond donors (Lipinski definition) is 2. The van der Waals surface area contributed by atoms with Gasteiger partial charge in [0, 0.05) is 29.3 Å². The molecule has 1 fully saturated rings.